The van der Waals surface area contributed by atoms with Crippen LogP contribution in [0.1, 0.15) is 0 Å². The summed E-state index contributed by atoms with van der Waals surface area (Å²) in [5.41, 5.74) is 13.2. The van der Waals surface area contributed by atoms with Gasteiger partial charge in [0, 0.05) is 60.4 Å². The number of hydrogen-bond donors (Lipinski definition) is 0. The minimum atomic E-state index is 0.674. The van der Waals surface area contributed by atoms with Crippen molar-refractivity contribution in [1.29, 1.82) is 0 Å². The SMILES string of the molecule is c1ccc(-c2cc(-c3ccccc3)nc(-c3cccc(-n4c5ccc6oc7ccccc7c6c5c5c4ccc4c6ccccc6n(-c6ccccc6)c45)c3)n2)cc1. The van der Waals surface area contributed by atoms with Crippen molar-refractivity contribution in [2.24, 2.45) is 0 Å². The normalized spacial score (nSPS) is 11.9. The summed E-state index contributed by atoms with van der Waals surface area (Å²) in [6, 6.07) is 68.2. The van der Waals surface area contributed by atoms with E-state index in [4.69, 9.17) is 14.4 Å². The van der Waals surface area contributed by atoms with E-state index in [9.17, 15) is 0 Å². The summed E-state index contributed by atoms with van der Waals surface area (Å²) in [6.07, 6.45) is 0. The molecule has 0 aliphatic rings. The van der Waals surface area contributed by atoms with Crippen LogP contribution in [0.15, 0.2) is 199 Å². The van der Waals surface area contributed by atoms with Gasteiger partial charge in [-0.05, 0) is 60.7 Å². The maximum atomic E-state index is 6.55. The number of nitrogens with zero attached hydrogens (tertiary/aromatic N) is 4. The quantitative estimate of drug-likeness (QED) is 0.177. The molecule has 0 saturated heterocycles. The minimum absolute atomic E-state index is 0.674. The Bertz CT molecular complexity index is 3450. The van der Waals surface area contributed by atoms with Crippen LogP contribution in [0.5, 0.6) is 0 Å². The van der Waals surface area contributed by atoms with Crippen LogP contribution in [0.4, 0.5) is 0 Å². The van der Waals surface area contributed by atoms with E-state index in [1.165, 1.54) is 27.2 Å². The van der Waals surface area contributed by atoms with Gasteiger partial charge in [0.2, 0.25) is 0 Å². The van der Waals surface area contributed by atoms with E-state index >= 15 is 0 Å². The molecular formula is C52H32N4O. The fourth-order valence-electron chi connectivity index (χ4n) is 8.85. The number of fused-ring (bicyclic) bond motifs is 11. The van der Waals surface area contributed by atoms with Gasteiger partial charge < -0.3 is 13.6 Å². The topological polar surface area (TPSA) is 48.8 Å². The third-order valence-electron chi connectivity index (χ3n) is 11.3. The van der Waals surface area contributed by atoms with Gasteiger partial charge in [-0.1, -0.05) is 133 Å². The van der Waals surface area contributed by atoms with Crippen molar-refractivity contribution in [2.45, 2.75) is 0 Å². The molecule has 0 aliphatic carbocycles. The molecule has 0 unspecified atom stereocenters. The van der Waals surface area contributed by atoms with Crippen LogP contribution in [0.2, 0.25) is 0 Å². The van der Waals surface area contributed by atoms with Crippen LogP contribution >= 0.6 is 0 Å². The maximum absolute atomic E-state index is 6.55. The van der Waals surface area contributed by atoms with Crippen molar-refractivity contribution in [3.05, 3.63) is 194 Å². The van der Waals surface area contributed by atoms with Gasteiger partial charge in [-0.25, -0.2) is 9.97 Å². The molecular weight excluding hydrogens is 697 g/mol. The molecule has 0 bridgehead atoms. The van der Waals surface area contributed by atoms with Crippen molar-refractivity contribution < 1.29 is 4.42 Å². The lowest BCUT2D eigenvalue weighted by molar-refractivity contribution is 0.669. The lowest BCUT2D eigenvalue weighted by Crippen LogP contribution is -1.98. The third-order valence-corrected chi connectivity index (χ3v) is 11.3. The minimum Gasteiger partial charge on any atom is -0.456 e. The van der Waals surface area contributed by atoms with Gasteiger partial charge in [0.05, 0.1) is 33.5 Å². The van der Waals surface area contributed by atoms with E-state index in [1.807, 2.05) is 18.2 Å². The fourth-order valence-corrected chi connectivity index (χ4v) is 8.85. The average Bonchev–Trinajstić information content (AvgIpc) is 3.95. The summed E-state index contributed by atoms with van der Waals surface area (Å²) in [4.78, 5) is 10.4. The largest absolute Gasteiger partial charge is 0.456 e. The summed E-state index contributed by atoms with van der Waals surface area (Å²) in [7, 11) is 0. The zero-order valence-corrected chi connectivity index (χ0v) is 30.7. The molecule has 57 heavy (non-hydrogen) atoms. The highest BCUT2D eigenvalue weighted by Crippen LogP contribution is 2.46. The number of benzene rings is 8. The van der Waals surface area contributed by atoms with Gasteiger partial charge >= 0.3 is 0 Å². The Morgan fingerprint density at radius 3 is 1.70 bits per heavy atom. The Labute approximate surface area is 327 Å². The van der Waals surface area contributed by atoms with Crippen molar-refractivity contribution in [2.75, 3.05) is 0 Å². The van der Waals surface area contributed by atoms with E-state index in [0.29, 0.717) is 5.82 Å². The summed E-state index contributed by atoms with van der Waals surface area (Å²) in [6.45, 7) is 0. The van der Waals surface area contributed by atoms with Gasteiger partial charge in [0.1, 0.15) is 11.2 Å². The van der Waals surface area contributed by atoms with Gasteiger partial charge in [0.25, 0.3) is 0 Å². The molecule has 0 radical (unpaired) electrons. The first-order valence-electron chi connectivity index (χ1n) is 19.3. The van der Waals surface area contributed by atoms with Crippen LogP contribution in [0, 0.1) is 0 Å². The molecule has 0 atom stereocenters. The smallest absolute Gasteiger partial charge is 0.160 e. The molecule has 5 heteroatoms. The molecule has 0 saturated carbocycles. The Balaban J connectivity index is 1.19. The van der Waals surface area contributed by atoms with Crippen LogP contribution < -0.4 is 0 Å². The van der Waals surface area contributed by atoms with Crippen LogP contribution in [-0.2, 0) is 0 Å². The predicted molar refractivity (Wildman–Crippen MR) is 234 cm³/mol. The molecule has 4 heterocycles. The van der Waals surface area contributed by atoms with Crippen molar-refractivity contribution in [3.8, 4) is 45.3 Å². The summed E-state index contributed by atoms with van der Waals surface area (Å²) < 4.78 is 11.4. The van der Waals surface area contributed by atoms with E-state index in [0.717, 1.165) is 77.8 Å². The Morgan fingerprint density at radius 1 is 0.351 bits per heavy atom. The monoisotopic (exact) mass is 728 g/mol. The van der Waals surface area contributed by atoms with E-state index in [2.05, 4.69) is 185 Å². The lowest BCUT2D eigenvalue weighted by Gasteiger charge is -2.12. The molecule has 0 spiro atoms. The zero-order chi connectivity index (χ0) is 37.5. The summed E-state index contributed by atoms with van der Waals surface area (Å²) >= 11 is 0. The number of para-hydroxylation sites is 3. The van der Waals surface area contributed by atoms with Crippen molar-refractivity contribution in [1.82, 2.24) is 19.1 Å². The zero-order valence-electron chi connectivity index (χ0n) is 30.7. The molecule has 8 aromatic carbocycles. The standard InChI is InChI=1S/C52H32N4O/c1-4-15-33(16-5-1)41-32-42(34-17-6-2-7-18-34)54-52(53-41)35-19-14-22-37(31-35)55-44-29-30-47-48(40-24-11-13-26-46(40)57-47)49(44)50-45(55)28-27-39-38-23-10-12-25-43(38)56(51(39)50)36-20-8-3-9-21-36/h1-32H. The second-order valence-corrected chi connectivity index (χ2v) is 14.6. The first kappa shape index (κ1) is 31.6. The average molecular weight is 729 g/mol. The van der Waals surface area contributed by atoms with Crippen LogP contribution in [0.3, 0.4) is 0 Å². The second kappa shape index (κ2) is 12.4. The molecule has 4 aromatic heterocycles. The molecule has 266 valence electrons. The Morgan fingerprint density at radius 2 is 0.947 bits per heavy atom. The number of rotatable bonds is 5. The lowest BCUT2D eigenvalue weighted by atomic mass is 10.0. The number of hydrogen-bond acceptors (Lipinski definition) is 3. The highest BCUT2D eigenvalue weighted by Gasteiger charge is 2.24. The molecule has 12 rings (SSSR count). The van der Waals surface area contributed by atoms with E-state index in [1.54, 1.807) is 0 Å². The summed E-state index contributed by atoms with van der Waals surface area (Å²) in [5.74, 6) is 0.674. The predicted octanol–water partition coefficient (Wildman–Crippen LogP) is 13.6. The van der Waals surface area contributed by atoms with Crippen LogP contribution in [-0.4, -0.2) is 19.1 Å². The Kier molecular flexibility index (Phi) is 6.86. The van der Waals surface area contributed by atoms with E-state index < -0.39 is 0 Å². The number of furan rings is 1. The molecule has 5 nitrogen and oxygen atoms in total. The van der Waals surface area contributed by atoms with E-state index in [-0.39, 0.29) is 0 Å². The van der Waals surface area contributed by atoms with Gasteiger partial charge in [-0.15, -0.1) is 0 Å². The van der Waals surface area contributed by atoms with Crippen LogP contribution in [0.25, 0.3) is 111 Å². The number of aromatic nitrogens is 4. The molecule has 0 N–H and O–H groups in total. The third kappa shape index (κ3) is 4.82. The summed E-state index contributed by atoms with van der Waals surface area (Å²) in [5, 5.41) is 6.99. The fraction of sp³-hybridized carbons (Fsp3) is 0. The maximum Gasteiger partial charge on any atom is 0.160 e. The van der Waals surface area contributed by atoms with Crippen molar-refractivity contribution in [3.63, 3.8) is 0 Å². The van der Waals surface area contributed by atoms with Gasteiger partial charge in [0.15, 0.2) is 5.82 Å². The first-order chi connectivity index (χ1) is 28.3. The highest BCUT2D eigenvalue weighted by molar-refractivity contribution is 6.34. The second-order valence-electron chi connectivity index (χ2n) is 14.6. The molecule has 0 aliphatic heterocycles. The first-order valence-corrected chi connectivity index (χ1v) is 19.3. The Hall–Kier alpha value is -7.76. The van der Waals surface area contributed by atoms with Gasteiger partial charge in [-0.2, -0.15) is 0 Å². The molecule has 12 aromatic rings. The molecule has 0 amide bonds. The molecule has 0 fully saturated rings. The van der Waals surface area contributed by atoms with Crippen molar-refractivity contribution >= 4 is 65.6 Å². The van der Waals surface area contributed by atoms with Gasteiger partial charge in [-0.3, -0.25) is 0 Å². The highest BCUT2D eigenvalue weighted by atomic mass is 16.3.